The van der Waals surface area contributed by atoms with Gasteiger partial charge in [-0.05, 0) is 43.9 Å². The van der Waals surface area contributed by atoms with Crippen LogP contribution in [-0.4, -0.2) is 40.6 Å². The molecule has 0 amide bonds. The molecule has 0 spiro atoms. The van der Waals surface area contributed by atoms with Crippen molar-refractivity contribution in [3.63, 3.8) is 0 Å². The Bertz CT molecular complexity index is 691. The molecule has 1 aliphatic rings. The van der Waals surface area contributed by atoms with E-state index in [0.717, 1.165) is 32.0 Å². The van der Waals surface area contributed by atoms with E-state index in [2.05, 4.69) is 64.2 Å². The Labute approximate surface area is 154 Å². The highest BCUT2D eigenvalue weighted by Crippen LogP contribution is 2.51. The molecule has 0 unspecified atom stereocenters. The van der Waals surface area contributed by atoms with Crippen molar-refractivity contribution in [2.24, 2.45) is 4.99 Å². The predicted octanol–water partition coefficient (Wildman–Crippen LogP) is 3.07. The zero-order valence-corrected chi connectivity index (χ0v) is 15.9. The molecular weight excluding hydrogens is 330 g/mol. The summed E-state index contributed by atoms with van der Waals surface area (Å²) in [6, 6.07) is 10.7. The van der Waals surface area contributed by atoms with E-state index >= 15 is 0 Å². The molecule has 0 aliphatic heterocycles. The van der Waals surface area contributed by atoms with E-state index in [1.807, 2.05) is 29.7 Å². The molecule has 1 heterocycles. The van der Waals surface area contributed by atoms with Crippen LogP contribution in [0.1, 0.15) is 24.8 Å². The average molecular weight is 358 g/mol. The summed E-state index contributed by atoms with van der Waals surface area (Å²) in [6.45, 7) is 4.82. The lowest BCUT2D eigenvalue weighted by molar-refractivity contribution is 0.570. The van der Waals surface area contributed by atoms with Crippen LogP contribution in [0, 0.1) is 6.92 Å². The lowest BCUT2D eigenvalue weighted by atomic mass is 10.4. The number of guanidine groups is 1. The molecule has 1 aliphatic carbocycles. The molecule has 0 atom stereocenters. The normalized spacial score (nSPS) is 15.8. The first-order valence-corrected chi connectivity index (χ1v) is 9.68. The van der Waals surface area contributed by atoms with Crippen molar-refractivity contribution >= 4 is 17.7 Å². The van der Waals surface area contributed by atoms with Crippen LogP contribution >= 0.6 is 11.8 Å². The van der Waals surface area contributed by atoms with Crippen LogP contribution in [-0.2, 0) is 6.54 Å². The second-order valence-electron chi connectivity index (χ2n) is 6.58. The molecule has 0 saturated heterocycles. The van der Waals surface area contributed by atoms with Gasteiger partial charge in [-0.15, -0.1) is 11.8 Å². The predicted molar refractivity (Wildman–Crippen MR) is 105 cm³/mol. The zero-order valence-electron chi connectivity index (χ0n) is 15.0. The second kappa shape index (κ2) is 8.43. The van der Waals surface area contributed by atoms with Crippen molar-refractivity contribution in [1.82, 2.24) is 20.4 Å². The second-order valence-corrected chi connectivity index (χ2v) is 8.13. The first-order chi connectivity index (χ1) is 12.2. The third-order valence-electron chi connectivity index (χ3n) is 4.31. The average Bonchev–Trinajstić information content (AvgIpc) is 3.26. The summed E-state index contributed by atoms with van der Waals surface area (Å²) in [5, 5.41) is 11.2. The van der Waals surface area contributed by atoms with Crippen molar-refractivity contribution < 1.29 is 0 Å². The Hall–Kier alpha value is -1.95. The summed E-state index contributed by atoms with van der Waals surface area (Å²) in [4.78, 5) is 5.68. The van der Waals surface area contributed by atoms with Gasteiger partial charge in [-0.2, -0.15) is 5.10 Å². The van der Waals surface area contributed by atoms with Crippen LogP contribution in [0.25, 0.3) is 0 Å². The Balaban J connectivity index is 1.37. The fourth-order valence-electron chi connectivity index (χ4n) is 2.70. The Morgan fingerprint density at radius 2 is 2.08 bits per heavy atom. The standard InChI is InChI=1S/C19H27N5S/c1-16-13-23-24(14-16)12-6-11-21-18(20-2)22-15-19(9-10-19)25-17-7-4-3-5-8-17/h3-5,7-8,13-14H,6,9-12,15H2,1-2H3,(H2,20,21,22). The maximum absolute atomic E-state index is 4.34. The van der Waals surface area contributed by atoms with E-state index in [1.165, 1.54) is 23.3 Å². The molecule has 1 aromatic heterocycles. The summed E-state index contributed by atoms with van der Waals surface area (Å²) in [5.74, 6) is 0.886. The SMILES string of the molecule is CN=C(NCCCn1cc(C)cn1)NCC1(Sc2ccccc2)CC1. The maximum Gasteiger partial charge on any atom is 0.191 e. The molecule has 2 aromatic rings. The van der Waals surface area contributed by atoms with Crippen molar-refractivity contribution in [2.75, 3.05) is 20.1 Å². The number of hydrogen-bond donors (Lipinski definition) is 2. The first kappa shape index (κ1) is 17.9. The summed E-state index contributed by atoms with van der Waals surface area (Å²) in [6.07, 6.45) is 7.51. The molecule has 6 heteroatoms. The molecule has 1 saturated carbocycles. The number of aromatic nitrogens is 2. The van der Waals surface area contributed by atoms with Crippen molar-refractivity contribution in [1.29, 1.82) is 0 Å². The number of hydrogen-bond acceptors (Lipinski definition) is 3. The third-order valence-corrected chi connectivity index (χ3v) is 5.80. The zero-order chi connectivity index (χ0) is 17.5. The number of aryl methyl sites for hydroxylation is 2. The number of rotatable bonds is 8. The van der Waals surface area contributed by atoms with Gasteiger partial charge in [0, 0.05) is 42.5 Å². The largest absolute Gasteiger partial charge is 0.356 e. The van der Waals surface area contributed by atoms with E-state index in [1.54, 1.807) is 0 Å². The highest BCUT2D eigenvalue weighted by Gasteiger charge is 2.43. The van der Waals surface area contributed by atoms with Gasteiger partial charge in [-0.25, -0.2) is 0 Å². The molecular formula is C19H27N5S. The summed E-state index contributed by atoms with van der Waals surface area (Å²) in [7, 11) is 1.83. The number of aliphatic imine (C=N–C) groups is 1. The van der Waals surface area contributed by atoms with E-state index in [-0.39, 0.29) is 0 Å². The first-order valence-electron chi connectivity index (χ1n) is 8.87. The summed E-state index contributed by atoms with van der Waals surface area (Å²) >= 11 is 1.98. The Kier molecular flexibility index (Phi) is 6.02. The molecule has 134 valence electrons. The van der Waals surface area contributed by atoms with Gasteiger partial charge < -0.3 is 10.6 Å². The topological polar surface area (TPSA) is 54.2 Å². The molecule has 3 rings (SSSR count). The fourth-order valence-corrected chi connectivity index (χ4v) is 3.94. The van der Waals surface area contributed by atoms with Crippen LogP contribution in [0.2, 0.25) is 0 Å². The minimum Gasteiger partial charge on any atom is -0.356 e. The van der Waals surface area contributed by atoms with Crippen molar-refractivity contribution in [2.45, 2.75) is 42.4 Å². The van der Waals surface area contributed by atoms with Crippen molar-refractivity contribution in [3.05, 3.63) is 48.3 Å². The molecule has 0 bridgehead atoms. The smallest absolute Gasteiger partial charge is 0.191 e. The van der Waals surface area contributed by atoms with Gasteiger partial charge in [0.25, 0.3) is 0 Å². The van der Waals surface area contributed by atoms with Gasteiger partial charge in [0.05, 0.1) is 6.20 Å². The van der Waals surface area contributed by atoms with E-state index in [9.17, 15) is 0 Å². The fraction of sp³-hybridized carbons (Fsp3) is 0.474. The van der Waals surface area contributed by atoms with Gasteiger partial charge in [-0.1, -0.05) is 18.2 Å². The Morgan fingerprint density at radius 3 is 2.72 bits per heavy atom. The third kappa shape index (κ3) is 5.53. The number of thioether (sulfide) groups is 1. The van der Waals surface area contributed by atoms with Gasteiger partial charge in [-0.3, -0.25) is 9.67 Å². The van der Waals surface area contributed by atoms with E-state index in [4.69, 9.17) is 0 Å². The van der Waals surface area contributed by atoms with Crippen LogP contribution < -0.4 is 10.6 Å². The number of benzene rings is 1. The minimum atomic E-state index is 0.325. The van der Waals surface area contributed by atoms with Crippen LogP contribution in [0.15, 0.2) is 52.6 Å². The van der Waals surface area contributed by atoms with Gasteiger partial charge in [0.2, 0.25) is 0 Å². The van der Waals surface area contributed by atoms with Crippen LogP contribution in [0.4, 0.5) is 0 Å². The monoisotopic (exact) mass is 357 g/mol. The number of nitrogens with one attached hydrogen (secondary N) is 2. The number of nitrogens with zero attached hydrogens (tertiary/aromatic N) is 3. The quantitative estimate of drug-likeness (QED) is 0.433. The molecule has 5 nitrogen and oxygen atoms in total. The molecule has 2 N–H and O–H groups in total. The van der Waals surface area contributed by atoms with E-state index in [0.29, 0.717) is 4.75 Å². The van der Waals surface area contributed by atoms with Gasteiger partial charge >= 0.3 is 0 Å². The Morgan fingerprint density at radius 1 is 1.28 bits per heavy atom. The lowest BCUT2D eigenvalue weighted by Gasteiger charge is -2.18. The highest BCUT2D eigenvalue weighted by molar-refractivity contribution is 8.01. The van der Waals surface area contributed by atoms with Gasteiger partial charge in [0.1, 0.15) is 0 Å². The lowest BCUT2D eigenvalue weighted by Crippen LogP contribution is -2.41. The summed E-state index contributed by atoms with van der Waals surface area (Å²) < 4.78 is 2.31. The molecule has 25 heavy (non-hydrogen) atoms. The minimum absolute atomic E-state index is 0.325. The van der Waals surface area contributed by atoms with Gasteiger partial charge in [0.15, 0.2) is 5.96 Å². The molecule has 1 aromatic carbocycles. The van der Waals surface area contributed by atoms with E-state index < -0.39 is 0 Å². The maximum atomic E-state index is 4.34. The van der Waals surface area contributed by atoms with Crippen molar-refractivity contribution in [3.8, 4) is 0 Å². The van der Waals surface area contributed by atoms with Crippen LogP contribution in [0.5, 0.6) is 0 Å². The molecule has 1 fully saturated rings. The molecule has 0 radical (unpaired) electrons. The van der Waals surface area contributed by atoms with Crippen LogP contribution in [0.3, 0.4) is 0 Å². The summed E-state index contributed by atoms with van der Waals surface area (Å²) in [5.41, 5.74) is 1.20. The highest BCUT2D eigenvalue weighted by atomic mass is 32.2.